The molecule has 0 aromatic carbocycles. The van der Waals surface area contributed by atoms with Gasteiger partial charge in [-0.1, -0.05) is 6.07 Å². The first-order valence-electron chi connectivity index (χ1n) is 4.18. The summed E-state index contributed by atoms with van der Waals surface area (Å²) in [5.41, 5.74) is 5.59. The topological polar surface area (TPSA) is 61.0 Å². The van der Waals surface area contributed by atoms with E-state index in [-0.39, 0.29) is 0 Å². The number of anilines is 1. The zero-order valence-corrected chi connectivity index (χ0v) is 10.1. The van der Waals surface area contributed by atoms with Gasteiger partial charge in [-0.25, -0.2) is 9.97 Å². The molecule has 78 valence electrons. The smallest absolute Gasteiger partial charge is 0.233 e. The highest BCUT2D eigenvalue weighted by Gasteiger charge is 2.07. The highest BCUT2D eigenvalue weighted by Crippen LogP contribution is 2.26. The van der Waals surface area contributed by atoms with Crippen LogP contribution in [0, 0.1) is 0 Å². The second kappa shape index (κ2) is 4.59. The number of nitrogen functional groups attached to an aromatic ring is 1. The Morgan fingerprint density at radius 2 is 2.33 bits per heavy atom. The number of thiophene rings is 1. The van der Waals surface area contributed by atoms with Crippen molar-refractivity contribution in [2.45, 2.75) is 6.61 Å². The van der Waals surface area contributed by atoms with Crippen molar-refractivity contribution in [2.75, 3.05) is 5.73 Å². The standard InChI is InChI=1S/C9H8BrN3OS/c10-7-8(11)12-5-13-9(7)14-4-6-2-1-3-15-6/h1-3,5H,4H2,(H2,11,12,13). The van der Waals surface area contributed by atoms with Gasteiger partial charge in [-0.2, -0.15) is 0 Å². The van der Waals surface area contributed by atoms with Crippen molar-refractivity contribution in [1.82, 2.24) is 9.97 Å². The number of rotatable bonds is 3. The third-order valence-electron chi connectivity index (χ3n) is 1.72. The molecule has 2 rings (SSSR count). The second-order valence-electron chi connectivity index (χ2n) is 2.75. The molecule has 6 heteroatoms. The summed E-state index contributed by atoms with van der Waals surface area (Å²) in [5, 5.41) is 2.00. The summed E-state index contributed by atoms with van der Waals surface area (Å²) in [6, 6.07) is 3.98. The monoisotopic (exact) mass is 285 g/mol. The van der Waals surface area contributed by atoms with Crippen LogP contribution in [0.4, 0.5) is 5.82 Å². The van der Waals surface area contributed by atoms with E-state index in [0.717, 1.165) is 4.88 Å². The van der Waals surface area contributed by atoms with E-state index in [2.05, 4.69) is 25.9 Å². The molecule has 2 N–H and O–H groups in total. The van der Waals surface area contributed by atoms with Crippen LogP contribution in [0.5, 0.6) is 5.88 Å². The predicted molar refractivity (Wildman–Crippen MR) is 62.8 cm³/mol. The summed E-state index contributed by atoms with van der Waals surface area (Å²) in [4.78, 5) is 8.95. The van der Waals surface area contributed by atoms with Gasteiger partial charge >= 0.3 is 0 Å². The van der Waals surface area contributed by atoms with Crippen LogP contribution in [-0.4, -0.2) is 9.97 Å². The molecule has 2 aromatic heterocycles. The largest absolute Gasteiger partial charge is 0.471 e. The van der Waals surface area contributed by atoms with E-state index in [0.29, 0.717) is 22.8 Å². The number of hydrogen-bond donors (Lipinski definition) is 1. The first kappa shape index (κ1) is 10.4. The van der Waals surface area contributed by atoms with Gasteiger partial charge in [0, 0.05) is 4.88 Å². The summed E-state index contributed by atoms with van der Waals surface area (Å²) in [6.45, 7) is 0.493. The van der Waals surface area contributed by atoms with E-state index < -0.39 is 0 Å². The highest BCUT2D eigenvalue weighted by molar-refractivity contribution is 9.10. The first-order valence-corrected chi connectivity index (χ1v) is 5.86. The fourth-order valence-electron chi connectivity index (χ4n) is 1.00. The van der Waals surface area contributed by atoms with E-state index in [4.69, 9.17) is 10.5 Å². The third kappa shape index (κ3) is 2.45. The van der Waals surface area contributed by atoms with Crippen LogP contribution in [0.2, 0.25) is 0 Å². The Labute approximate surface area is 99.3 Å². The van der Waals surface area contributed by atoms with Crippen molar-refractivity contribution in [1.29, 1.82) is 0 Å². The summed E-state index contributed by atoms with van der Waals surface area (Å²) >= 11 is 4.91. The maximum Gasteiger partial charge on any atom is 0.233 e. The fourth-order valence-corrected chi connectivity index (χ4v) is 1.94. The van der Waals surface area contributed by atoms with E-state index in [1.165, 1.54) is 6.33 Å². The molecule has 0 atom stereocenters. The second-order valence-corrected chi connectivity index (χ2v) is 4.57. The Morgan fingerprint density at radius 1 is 1.47 bits per heavy atom. The lowest BCUT2D eigenvalue weighted by atomic mass is 10.5. The van der Waals surface area contributed by atoms with Crippen molar-refractivity contribution >= 4 is 33.1 Å². The molecule has 0 spiro atoms. The van der Waals surface area contributed by atoms with Crippen molar-refractivity contribution in [3.63, 3.8) is 0 Å². The molecule has 0 bridgehead atoms. The van der Waals surface area contributed by atoms with Crippen molar-refractivity contribution in [3.8, 4) is 5.88 Å². The van der Waals surface area contributed by atoms with Gasteiger partial charge in [-0.05, 0) is 27.4 Å². The number of ether oxygens (including phenoxy) is 1. The van der Waals surface area contributed by atoms with E-state index in [9.17, 15) is 0 Å². The summed E-state index contributed by atoms with van der Waals surface area (Å²) < 4.78 is 6.09. The normalized spacial score (nSPS) is 10.2. The van der Waals surface area contributed by atoms with Crippen LogP contribution < -0.4 is 10.5 Å². The highest BCUT2D eigenvalue weighted by atomic mass is 79.9. The summed E-state index contributed by atoms with van der Waals surface area (Å²) in [7, 11) is 0. The fraction of sp³-hybridized carbons (Fsp3) is 0.111. The number of aromatic nitrogens is 2. The maximum atomic E-state index is 5.59. The molecule has 0 saturated heterocycles. The minimum Gasteiger partial charge on any atom is -0.471 e. The molecule has 0 aliphatic rings. The van der Waals surface area contributed by atoms with Gasteiger partial charge in [0.25, 0.3) is 0 Å². The Kier molecular flexibility index (Phi) is 3.17. The maximum absolute atomic E-state index is 5.59. The van der Waals surface area contributed by atoms with Gasteiger partial charge in [0.2, 0.25) is 5.88 Å². The number of halogens is 1. The van der Waals surface area contributed by atoms with Crippen LogP contribution in [0.25, 0.3) is 0 Å². The molecule has 2 heterocycles. The molecule has 0 unspecified atom stereocenters. The lowest BCUT2D eigenvalue weighted by Crippen LogP contribution is -2.00. The molecule has 0 aliphatic heterocycles. The lowest BCUT2D eigenvalue weighted by Gasteiger charge is -2.05. The number of nitrogens with two attached hydrogens (primary N) is 1. The molecule has 0 radical (unpaired) electrons. The molecule has 0 aliphatic carbocycles. The average molecular weight is 286 g/mol. The van der Waals surface area contributed by atoms with Crippen LogP contribution in [0.1, 0.15) is 4.88 Å². The van der Waals surface area contributed by atoms with Gasteiger partial charge < -0.3 is 10.5 Å². The van der Waals surface area contributed by atoms with Crippen molar-refractivity contribution in [2.24, 2.45) is 0 Å². The van der Waals surface area contributed by atoms with Crippen molar-refractivity contribution in [3.05, 3.63) is 33.2 Å². The number of nitrogens with zero attached hydrogens (tertiary/aromatic N) is 2. The summed E-state index contributed by atoms with van der Waals surface area (Å²) in [5.74, 6) is 0.849. The quantitative estimate of drug-likeness (QED) is 0.941. The van der Waals surface area contributed by atoms with E-state index >= 15 is 0 Å². The van der Waals surface area contributed by atoms with Gasteiger partial charge in [0.05, 0.1) is 0 Å². The van der Waals surface area contributed by atoms with E-state index in [1.54, 1.807) is 11.3 Å². The zero-order valence-electron chi connectivity index (χ0n) is 7.68. The Morgan fingerprint density at radius 3 is 3.07 bits per heavy atom. The molecule has 15 heavy (non-hydrogen) atoms. The minimum atomic E-state index is 0.381. The van der Waals surface area contributed by atoms with Crippen LogP contribution >= 0.6 is 27.3 Å². The predicted octanol–water partition coefficient (Wildman–Crippen LogP) is 2.46. The van der Waals surface area contributed by atoms with Gasteiger partial charge in [-0.15, -0.1) is 11.3 Å². The lowest BCUT2D eigenvalue weighted by molar-refractivity contribution is 0.295. The van der Waals surface area contributed by atoms with Crippen LogP contribution in [0.3, 0.4) is 0 Å². The molecular weight excluding hydrogens is 278 g/mol. The molecule has 0 saturated carbocycles. The summed E-state index contributed by atoms with van der Waals surface area (Å²) in [6.07, 6.45) is 1.38. The van der Waals surface area contributed by atoms with Crippen molar-refractivity contribution < 1.29 is 4.74 Å². The number of hydrogen-bond acceptors (Lipinski definition) is 5. The SMILES string of the molecule is Nc1ncnc(OCc2cccs2)c1Br. The van der Waals surface area contributed by atoms with Gasteiger partial charge in [-0.3, -0.25) is 0 Å². The Balaban J connectivity index is 2.08. The Bertz CT molecular complexity index is 447. The Hall–Kier alpha value is -1.14. The molecule has 4 nitrogen and oxygen atoms in total. The average Bonchev–Trinajstić information content (AvgIpc) is 2.73. The molecule has 2 aromatic rings. The molecular formula is C9H8BrN3OS. The molecule has 0 amide bonds. The zero-order chi connectivity index (χ0) is 10.7. The minimum absolute atomic E-state index is 0.381. The van der Waals surface area contributed by atoms with Crippen LogP contribution in [-0.2, 0) is 6.61 Å². The first-order chi connectivity index (χ1) is 7.27. The van der Waals surface area contributed by atoms with Gasteiger partial charge in [0.1, 0.15) is 23.2 Å². The third-order valence-corrected chi connectivity index (χ3v) is 3.31. The van der Waals surface area contributed by atoms with E-state index in [1.807, 2.05) is 17.5 Å². The van der Waals surface area contributed by atoms with Gasteiger partial charge in [0.15, 0.2) is 0 Å². The van der Waals surface area contributed by atoms with Crippen LogP contribution in [0.15, 0.2) is 28.3 Å². The molecule has 0 fully saturated rings.